The van der Waals surface area contributed by atoms with E-state index in [1.807, 2.05) is 36.5 Å². The van der Waals surface area contributed by atoms with Gasteiger partial charge in [-0.3, -0.25) is 19.3 Å². The minimum atomic E-state index is -0.301. The zero-order valence-electron chi connectivity index (χ0n) is 16.9. The number of nitrogens with zero attached hydrogens (tertiary/aromatic N) is 3. The van der Waals surface area contributed by atoms with E-state index in [0.717, 1.165) is 11.3 Å². The van der Waals surface area contributed by atoms with Gasteiger partial charge in [0.15, 0.2) is 0 Å². The first kappa shape index (κ1) is 19.4. The van der Waals surface area contributed by atoms with Crippen LogP contribution in [-0.4, -0.2) is 32.4 Å². The fourth-order valence-electron chi connectivity index (χ4n) is 3.68. The van der Waals surface area contributed by atoms with Crippen molar-refractivity contribution >= 4 is 23.4 Å². The molecular formula is C25H18N4O3. The Labute approximate surface area is 183 Å². The number of aromatic nitrogens is 2. The molecule has 0 atom stereocenters. The highest BCUT2D eigenvalue weighted by Crippen LogP contribution is 2.24. The van der Waals surface area contributed by atoms with Crippen LogP contribution >= 0.6 is 0 Å². The number of amides is 3. The molecule has 0 unspecified atom stereocenters. The second-order valence-electron chi connectivity index (χ2n) is 7.39. The molecule has 0 spiro atoms. The molecule has 3 aromatic carbocycles. The van der Waals surface area contributed by atoms with E-state index in [2.05, 4.69) is 10.4 Å². The summed E-state index contributed by atoms with van der Waals surface area (Å²) in [6.45, 7) is 0.153. The van der Waals surface area contributed by atoms with Gasteiger partial charge in [0.1, 0.15) is 0 Å². The molecule has 7 heteroatoms. The quantitative estimate of drug-likeness (QED) is 0.494. The van der Waals surface area contributed by atoms with Crippen molar-refractivity contribution in [1.82, 2.24) is 14.7 Å². The summed E-state index contributed by atoms with van der Waals surface area (Å²) < 4.78 is 1.71. The maximum Gasteiger partial charge on any atom is 0.261 e. The first-order valence-electron chi connectivity index (χ1n) is 10.1. The van der Waals surface area contributed by atoms with Gasteiger partial charge in [-0.25, -0.2) is 4.68 Å². The van der Waals surface area contributed by atoms with Gasteiger partial charge in [-0.1, -0.05) is 30.3 Å². The molecule has 0 saturated carbocycles. The summed E-state index contributed by atoms with van der Waals surface area (Å²) in [5, 5.41) is 7.07. The second-order valence-corrected chi connectivity index (χ2v) is 7.39. The molecule has 5 rings (SSSR count). The molecule has 7 nitrogen and oxygen atoms in total. The van der Waals surface area contributed by atoms with E-state index in [4.69, 9.17) is 0 Å². The van der Waals surface area contributed by atoms with Gasteiger partial charge in [-0.15, -0.1) is 0 Å². The minimum Gasteiger partial charge on any atom is -0.322 e. The van der Waals surface area contributed by atoms with Crippen molar-refractivity contribution in [3.63, 3.8) is 0 Å². The highest BCUT2D eigenvalue weighted by Gasteiger charge is 2.34. The second kappa shape index (κ2) is 7.96. The highest BCUT2D eigenvalue weighted by molar-refractivity contribution is 6.21. The Morgan fingerprint density at radius 1 is 0.844 bits per heavy atom. The van der Waals surface area contributed by atoms with E-state index >= 15 is 0 Å². The molecule has 1 aliphatic heterocycles. The molecule has 1 aliphatic rings. The van der Waals surface area contributed by atoms with Crippen LogP contribution < -0.4 is 5.32 Å². The molecule has 0 radical (unpaired) electrons. The van der Waals surface area contributed by atoms with E-state index in [-0.39, 0.29) is 24.3 Å². The molecule has 3 amide bonds. The Bertz CT molecular complexity index is 1290. The Morgan fingerprint density at radius 2 is 1.56 bits per heavy atom. The average molecular weight is 422 g/mol. The Kier molecular flexibility index (Phi) is 4.84. The molecule has 0 fully saturated rings. The smallest absolute Gasteiger partial charge is 0.261 e. The first-order chi connectivity index (χ1) is 15.6. The van der Waals surface area contributed by atoms with Gasteiger partial charge < -0.3 is 5.32 Å². The molecule has 1 N–H and O–H groups in total. The van der Waals surface area contributed by atoms with Crippen LogP contribution in [0.4, 0.5) is 5.69 Å². The van der Waals surface area contributed by atoms with E-state index in [1.54, 1.807) is 59.4 Å². The largest absolute Gasteiger partial charge is 0.322 e. The van der Waals surface area contributed by atoms with Crippen LogP contribution in [0.15, 0.2) is 91.3 Å². The lowest BCUT2D eigenvalue weighted by Gasteiger charge is -2.14. The third kappa shape index (κ3) is 3.56. The summed E-state index contributed by atoms with van der Waals surface area (Å²) in [6.07, 6.45) is 3.52. The first-order valence-corrected chi connectivity index (χ1v) is 10.1. The van der Waals surface area contributed by atoms with E-state index in [1.165, 1.54) is 4.90 Å². The van der Waals surface area contributed by atoms with E-state index in [9.17, 15) is 14.4 Å². The number of imide groups is 1. The van der Waals surface area contributed by atoms with Crippen molar-refractivity contribution in [3.05, 3.63) is 114 Å². The van der Waals surface area contributed by atoms with E-state index < -0.39 is 0 Å². The van der Waals surface area contributed by atoms with Crippen LogP contribution in [0.25, 0.3) is 5.69 Å². The van der Waals surface area contributed by atoms with Gasteiger partial charge in [0.2, 0.25) is 0 Å². The molecular weight excluding hydrogens is 404 g/mol. The van der Waals surface area contributed by atoms with Gasteiger partial charge in [0, 0.05) is 23.6 Å². The summed E-state index contributed by atoms with van der Waals surface area (Å²) in [6, 6.07) is 22.9. The average Bonchev–Trinajstić information content (AvgIpc) is 3.44. The van der Waals surface area contributed by atoms with Gasteiger partial charge >= 0.3 is 0 Å². The van der Waals surface area contributed by atoms with Gasteiger partial charge in [-0.05, 0) is 54.1 Å². The zero-order chi connectivity index (χ0) is 22.1. The molecule has 2 heterocycles. The molecule has 1 aromatic heterocycles. The van der Waals surface area contributed by atoms with E-state index in [0.29, 0.717) is 22.4 Å². The summed E-state index contributed by atoms with van der Waals surface area (Å²) in [5.41, 5.74) is 3.57. The molecule has 0 bridgehead atoms. The highest BCUT2D eigenvalue weighted by atomic mass is 16.2. The molecule has 4 aromatic rings. The Morgan fingerprint density at radius 3 is 2.22 bits per heavy atom. The number of benzene rings is 3. The van der Waals surface area contributed by atoms with Crippen molar-refractivity contribution in [2.75, 3.05) is 5.32 Å². The minimum absolute atomic E-state index is 0.153. The van der Waals surface area contributed by atoms with Gasteiger partial charge in [0.25, 0.3) is 17.7 Å². The standard InChI is InChI=1S/C25H18N4O3/c30-23(27-19-5-3-6-20(15-19)29-14-4-13-26-29)18-11-9-17(10-12-18)16-28-24(31)21-7-1-2-8-22(21)25(28)32/h1-15H,16H2,(H,27,30). The monoisotopic (exact) mass is 422 g/mol. The van der Waals surface area contributed by atoms with Crippen molar-refractivity contribution in [3.8, 4) is 5.69 Å². The Hall–Kier alpha value is -4.52. The Balaban J connectivity index is 1.27. The third-order valence-corrected chi connectivity index (χ3v) is 5.31. The lowest BCUT2D eigenvalue weighted by molar-refractivity contribution is 0.0642. The molecule has 32 heavy (non-hydrogen) atoms. The van der Waals surface area contributed by atoms with Crippen LogP contribution in [0, 0.1) is 0 Å². The fraction of sp³-hybridized carbons (Fsp3) is 0.0400. The van der Waals surface area contributed by atoms with Gasteiger partial charge in [-0.2, -0.15) is 5.10 Å². The van der Waals surface area contributed by atoms with Crippen molar-refractivity contribution in [1.29, 1.82) is 0 Å². The topological polar surface area (TPSA) is 84.3 Å². The van der Waals surface area contributed by atoms with Crippen LogP contribution in [-0.2, 0) is 6.54 Å². The lowest BCUT2D eigenvalue weighted by atomic mass is 10.1. The maximum absolute atomic E-state index is 12.7. The number of nitrogens with one attached hydrogen (secondary N) is 1. The number of fused-ring (bicyclic) bond motifs is 1. The van der Waals surface area contributed by atoms with Crippen molar-refractivity contribution < 1.29 is 14.4 Å². The molecule has 156 valence electrons. The third-order valence-electron chi connectivity index (χ3n) is 5.31. The zero-order valence-corrected chi connectivity index (χ0v) is 16.9. The van der Waals surface area contributed by atoms with Gasteiger partial charge in [0.05, 0.1) is 23.4 Å². The fourth-order valence-corrected chi connectivity index (χ4v) is 3.68. The van der Waals surface area contributed by atoms with Crippen molar-refractivity contribution in [2.24, 2.45) is 0 Å². The number of hydrogen-bond donors (Lipinski definition) is 1. The summed E-state index contributed by atoms with van der Waals surface area (Å²) in [5.74, 6) is -0.858. The van der Waals surface area contributed by atoms with Crippen LogP contribution in [0.3, 0.4) is 0 Å². The summed E-state index contributed by atoms with van der Waals surface area (Å²) in [7, 11) is 0. The molecule has 0 saturated heterocycles. The lowest BCUT2D eigenvalue weighted by Crippen LogP contribution is -2.29. The SMILES string of the molecule is O=C(Nc1cccc(-n2cccn2)c1)c1ccc(CN2C(=O)c3ccccc3C2=O)cc1. The van der Waals surface area contributed by atoms with Crippen LogP contribution in [0.2, 0.25) is 0 Å². The number of rotatable bonds is 5. The number of carbonyl (C=O) groups is 3. The maximum atomic E-state index is 12.7. The van der Waals surface area contributed by atoms with Crippen molar-refractivity contribution in [2.45, 2.75) is 6.54 Å². The predicted molar refractivity (Wildman–Crippen MR) is 119 cm³/mol. The number of hydrogen-bond acceptors (Lipinski definition) is 4. The summed E-state index contributed by atoms with van der Waals surface area (Å²) >= 11 is 0. The number of anilines is 1. The van der Waals surface area contributed by atoms with Crippen LogP contribution in [0.1, 0.15) is 36.6 Å². The number of carbonyl (C=O) groups excluding carboxylic acids is 3. The predicted octanol–water partition coefficient (Wildman–Crippen LogP) is 3.92. The summed E-state index contributed by atoms with van der Waals surface area (Å²) in [4.78, 5) is 39.0. The normalized spacial score (nSPS) is 12.7. The molecule has 0 aliphatic carbocycles. The van der Waals surface area contributed by atoms with Crippen LogP contribution in [0.5, 0.6) is 0 Å².